The molecule has 1 aromatic heterocycles. The lowest BCUT2D eigenvalue weighted by atomic mass is 10.2. The molecule has 15 heavy (non-hydrogen) atoms. The van der Waals surface area contributed by atoms with Gasteiger partial charge in [-0.05, 0) is 13.0 Å². The van der Waals surface area contributed by atoms with E-state index < -0.39 is 11.8 Å². The summed E-state index contributed by atoms with van der Waals surface area (Å²) in [4.78, 5) is 22.8. The molecule has 1 aromatic rings. The summed E-state index contributed by atoms with van der Waals surface area (Å²) in [7, 11) is 3.10. The van der Waals surface area contributed by atoms with Gasteiger partial charge >= 0.3 is 5.97 Å². The SMILES string of the molecule is CCOC(=O)C(=O)c1c(OC)ccn1C. The van der Waals surface area contributed by atoms with Crippen LogP contribution in [0.5, 0.6) is 5.75 Å². The summed E-state index contributed by atoms with van der Waals surface area (Å²) in [6.45, 7) is 1.82. The van der Waals surface area contributed by atoms with Crippen LogP contribution >= 0.6 is 0 Å². The van der Waals surface area contributed by atoms with Crippen LogP contribution in [0.15, 0.2) is 12.3 Å². The number of aromatic nitrogens is 1. The molecule has 1 heterocycles. The second-order valence-corrected chi connectivity index (χ2v) is 2.89. The predicted molar refractivity (Wildman–Crippen MR) is 52.9 cm³/mol. The van der Waals surface area contributed by atoms with Gasteiger partial charge < -0.3 is 14.0 Å². The molecule has 0 N–H and O–H groups in total. The van der Waals surface area contributed by atoms with Crippen molar-refractivity contribution in [3.8, 4) is 5.75 Å². The van der Waals surface area contributed by atoms with Crippen molar-refractivity contribution in [3.63, 3.8) is 0 Å². The summed E-state index contributed by atoms with van der Waals surface area (Å²) in [6, 6.07) is 1.62. The molecule has 0 saturated carbocycles. The molecule has 82 valence electrons. The van der Waals surface area contributed by atoms with Crippen molar-refractivity contribution in [2.45, 2.75) is 6.92 Å². The van der Waals surface area contributed by atoms with Gasteiger partial charge in [-0.15, -0.1) is 0 Å². The average Bonchev–Trinajstić information content (AvgIpc) is 2.58. The largest absolute Gasteiger partial charge is 0.494 e. The maximum Gasteiger partial charge on any atom is 0.381 e. The number of ketones is 1. The molecule has 0 amide bonds. The molecule has 5 heteroatoms. The molecular weight excluding hydrogens is 198 g/mol. The number of nitrogens with zero attached hydrogens (tertiary/aromatic N) is 1. The standard InChI is InChI=1S/C10H13NO4/c1-4-15-10(13)9(12)8-7(14-3)5-6-11(8)2/h5-6H,4H2,1-3H3. The molecule has 5 nitrogen and oxygen atoms in total. The van der Waals surface area contributed by atoms with Crippen LogP contribution in [-0.4, -0.2) is 30.0 Å². The van der Waals surface area contributed by atoms with E-state index in [0.717, 1.165) is 0 Å². The fraction of sp³-hybridized carbons (Fsp3) is 0.400. The van der Waals surface area contributed by atoms with Gasteiger partial charge in [0.15, 0.2) is 0 Å². The molecule has 0 saturated heterocycles. The molecule has 1 rings (SSSR count). The molecule has 0 radical (unpaired) electrons. The van der Waals surface area contributed by atoms with Gasteiger partial charge in [-0.3, -0.25) is 4.79 Å². The molecule has 0 unspecified atom stereocenters. The van der Waals surface area contributed by atoms with Gasteiger partial charge in [-0.25, -0.2) is 4.79 Å². The van der Waals surface area contributed by atoms with Crippen molar-refractivity contribution in [2.75, 3.05) is 13.7 Å². The van der Waals surface area contributed by atoms with Crippen LogP contribution in [0.2, 0.25) is 0 Å². The Bertz CT molecular complexity index is 381. The molecule has 0 bridgehead atoms. The van der Waals surface area contributed by atoms with Gasteiger partial charge in [0.2, 0.25) is 0 Å². The van der Waals surface area contributed by atoms with Gasteiger partial charge in [0.05, 0.1) is 13.7 Å². The molecule has 0 spiro atoms. The van der Waals surface area contributed by atoms with Crippen molar-refractivity contribution in [2.24, 2.45) is 7.05 Å². The van der Waals surface area contributed by atoms with E-state index >= 15 is 0 Å². The molecule has 0 aliphatic heterocycles. The van der Waals surface area contributed by atoms with Gasteiger partial charge in [-0.2, -0.15) is 0 Å². The smallest absolute Gasteiger partial charge is 0.381 e. The zero-order valence-corrected chi connectivity index (χ0v) is 8.94. The summed E-state index contributed by atoms with van der Waals surface area (Å²) >= 11 is 0. The van der Waals surface area contributed by atoms with Crippen LogP contribution in [0.4, 0.5) is 0 Å². The topological polar surface area (TPSA) is 57.5 Å². The van der Waals surface area contributed by atoms with E-state index in [-0.39, 0.29) is 12.3 Å². The van der Waals surface area contributed by atoms with Crippen molar-refractivity contribution in [3.05, 3.63) is 18.0 Å². The van der Waals surface area contributed by atoms with Crippen LogP contribution in [0.1, 0.15) is 17.4 Å². The second-order valence-electron chi connectivity index (χ2n) is 2.89. The number of rotatable bonds is 4. The quantitative estimate of drug-likeness (QED) is 0.419. The minimum Gasteiger partial charge on any atom is -0.494 e. The maximum atomic E-state index is 11.6. The Hall–Kier alpha value is -1.78. The predicted octanol–water partition coefficient (Wildman–Crippen LogP) is 0.779. The summed E-state index contributed by atoms with van der Waals surface area (Å²) in [5.41, 5.74) is 0.205. The molecule has 0 aliphatic rings. The maximum absolute atomic E-state index is 11.6. The molecule has 0 aromatic carbocycles. The van der Waals surface area contributed by atoms with Crippen molar-refractivity contribution >= 4 is 11.8 Å². The third-order valence-corrected chi connectivity index (χ3v) is 1.93. The molecule has 0 fully saturated rings. The highest BCUT2D eigenvalue weighted by atomic mass is 16.5. The summed E-state index contributed by atoms with van der Waals surface area (Å²) in [5, 5.41) is 0. The number of hydrogen-bond acceptors (Lipinski definition) is 4. The Morgan fingerprint density at radius 3 is 2.67 bits per heavy atom. The number of carbonyl (C=O) groups is 2. The Morgan fingerprint density at radius 1 is 1.47 bits per heavy atom. The summed E-state index contributed by atoms with van der Waals surface area (Å²) in [6.07, 6.45) is 1.64. The fourth-order valence-electron chi connectivity index (χ4n) is 1.24. The lowest BCUT2D eigenvalue weighted by molar-refractivity contribution is -0.137. The van der Waals surface area contributed by atoms with E-state index in [2.05, 4.69) is 4.74 Å². The highest BCUT2D eigenvalue weighted by molar-refractivity contribution is 6.40. The summed E-state index contributed by atoms with van der Waals surface area (Å²) < 4.78 is 11.1. The molecule has 0 atom stereocenters. The summed E-state index contributed by atoms with van der Waals surface area (Å²) in [5.74, 6) is -1.19. The van der Waals surface area contributed by atoms with E-state index in [4.69, 9.17) is 4.74 Å². The van der Waals surface area contributed by atoms with Gasteiger partial charge in [0, 0.05) is 13.2 Å². The first-order valence-electron chi connectivity index (χ1n) is 4.52. The normalized spacial score (nSPS) is 9.80. The Balaban J connectivity index is 2.99. The number of hydrogen-bond donors (Lipinski definition) is 0. The number of Topliss-reactive ketones (excluding diaryl/α,β-unsaturated/α-hetero) is 1. The third-order valence-electron chi connectivity index (χ3n) is 1.93. The van der Waals surface area contributed by atoms with Gasteiger partial charge in [0.1, 0.15) is 11.4 Å². The Labute approximate surface area is 87.6 Å². The van der Waals surface area contributed by atoms with E-state index in [9.17, 15) is 9.59 Å². The number of aryl methyl sites for hydroxylation is 1. The van der Waals surface area contributed by atoms with Crippen LogP contribution in [0.3, 0.4) is 0 Å². The van der Waals surface area contributed by atoms with Crippen LogP contribution in [-0.2, 0) is 16.6 Å². The average molecular weight is 211 g/mol. The number of esters is 1. The van der Waals surface area contributed by atoms with Crippen LogP contribution in [0.25, 0.3) is 0 Å². The van der Waals surface area contributed by atoms with E-state index in [0.29, 0.717) is 5.75 Å². The van der Waals surface area contributed by atoms with Crippen LogP contribution < -0.4 is 4.74 Å². The Morgan fingerprint density at radius 2 is 2.13 bits per heavy atom. The lowest BCUT2D eigenvalue weighted by Gasteiger charge is -2.04. The number of ether oxygens (including phenoxy) is 2. The number of carbonyl (C=O) groups excluding carboxylic acids is 2. The second kappa shape index (κ2) is 4.63. The van der Waals surface area contributed by atoms with E-state index in [1.165, 1.54) is 11.7 Å². The monoisotopic (exact) mass is 211 g/mol. The minimum atomic E-state index is -0.863. The highest BCUT2D eigenvalue weighted by Gasteiger charge is 2.24. The first kappa shape index (κ1) is 11.3. The van der Waals surface area contributed by atoms with Crippen LogP contribution in [0, 0.1) is 0 Å². The van der Waals surface area contributed by atoms with Gasteiger partial charge in [-0.1, -0.05) is 0 Å². The van der Waals surface area contributed by atoms with Crippen molar-refractivity contribution in [1.29, 1.82) is 0 Å². The lowest BCUT2D eigenvalue weighted by Crippen LogP contribution is -2.20. The van der Waals surface area contributed by atoms with Gasteiger partial charge in [0.25, 0.3) is 5.78 Å². The molecular formula is C10H13NO4. The zero-order chi connectivity index (χ0) is 11.4. The van der Waals surface area contributed by atoms with E-state index in [1.807, 2.05) is 0 Å². The van der Waals surface area contributed by atoms with Crippen molar-refractivity contribution < 1.29 is 19.1 Å². The highest BCUT2D eigenvalue weighted by Crippen LogP contribution is 2.19. The Kier molecular flexibility index (Phi) is 3.49. The molecule has 0 aliphatic carbocycles. The first-order chi connectivity index (χ1) is 7.11. The zero-order valence-electron chi connectivity index (χ0n) is 8.94. The number of methoxy groups -OCH3 is 1. The van der Waals surface area contributed by atoms with Crippen molar-refractivity contribution in [1.82, 2.24) is 4.57 Å². The minimum absolute atomic E-state index is 0.178. The third kappa shape index (κ3) is 2.18. The first-order valence-corrected chi connectivity index (χ1v) is 4.52. The van der Waals surface area contributed by atoms with E-state index in [1.54, 1.807) is 26.2 Å². The fourth-order valence-corrected chi connectivity index (χ4v) is 1.24.